The first kappa shape index (κ1) is 13.6. The summed E-state index contributed by atoms with van der Waals surface area (Å²) in [5, 5.41) is 11.0. The van der Waals surface area contributed by atoms with Crippen molar-refractivity contribution < 1.29 is 18.3 Å². The zero-order valence-electron chi connectivity index (χ0n) is 9.54. The van der Waals surface area contributed by atoms with Gasteiger partial charge in [0.25, 0.3) is 0 Å². The Balaban J connectivity index is 2.87. The Morgan fingerprint density at radius 1 is 1.56 bits per heavy atom. The molecule has 1 N–H and O–H groups in total. The van der Waals surface area contributed by atoms with Gasteiger partial charge in [-0.05, 0) is 19.1 Å². The lowest BCUT2D eigenvalue weighted by Gasteiger charge is -2.04. The van der Waals surface area contributed by atoms with Crippen LogP contribution in [0.25, 0.3) is 0 Å². The van der Waals surface area contributed by atoms with Gasteiger partial charge in [0.05, 0.1) is 12.3 Å². The Bertz CT molecular complexity index is 521. The molecule has 94 valence electrons. The highest BCUT2D eigenvalue weighted by atomic mass is 19.1. The molecule has 0 aromatic heterocycles. The van der Waals surface area contributed by atoms with Crippen molar-refractivity contribution in [1.82, 2.24) is 0 Å². The molecule has 0 aliphatic rings. The van der Waals surface area contributed by atoms with Gasteiger partial charge in [-0.2, -0.15) is 5.26 Å². The lowest BCUT2D eigenvalue weighted by Crippen LogP contribution is -2.08. The molecule has 0 aliphatic carbocycles. The molecule has 1 rings (SSSR count). The first-order chi connectivity index (χ1) is 8.58. The molecule has 0 fully saturated rings. The van der Waals surface area contributed by atoms with Crippen molar-refractivity contribution in [3.63, 3.8) is 0 Å². The van der Waals surface area contributed by atoms with E-state index in [4.69, 9.17) is 5.26 Å². The smallest absolute Gasteiger partial charge is 0.350 e. The number of hydrogen-bond donors (Lipinski definition) is 1. The quantitative estimate of drug-likeness (QED) is 0.507. The molecule has 0 saturated carbocycles. The summed E-state index contributed by atoms with van der Waals surface area (Å²) in [4.78, 5) is 11.2. The van der Waals surface area contributed by atoms with E-state index in [1.807, 2.05) is 0 Å². The maximum Gasteiger partial charge on any atom is 0.350 e. The number of nitriles is 1. The molecule has 0 unspecified atom stereocenters. The van der Waals surface area contributed by atoms with Crippen LogP contribution < -0.4 is 5.32 Å². The van der Waals surface area contributed by atoms with Crippen LogP contribution in [0.3, 0.4) is 0 Å². The van der Waals surface area contributed by atoms with E-state index in [9.17, 15) is 13.6 Å². The summed E-state index contributed by atoms with van der Waals surface area (Å²) in [7, 11) is 0. The number of carbonyl (C=O) groups excluding carboxylic acids is 1. The minimum atomic E-state index is -0.829. The number of rotatable bonds is 4. The monoisotopic (exact) mass is 252 g/mol. The van der Waals surface area contributed by atoms with E-state index < -0.39 is 17.6 Å². The van der Waals surface area contributed by atoms with Gasteiger partial charge < -0.3 is 10.1 Å². The first-order valence-corrected chi connectivity index (χ1v) is 5.07. The number of hydrogen-bond acceptors (Lipinski definition) is 4. The Kier molecular flexibility index (Phi) is 4.81. The Hall–Kier alpha value is -2.42. The van der Waals surface area contributed by atoms with Gasteiger partial charge in [0.2, 0.25) is 0 Å². The lowest BCUT2D eigenvalue weighted by atomic mass is 10.3. The Labute approximate surface area is 102 Å². The van der Waals surface area contributed by atoms with Gasteiger partial charge in [0.1, 0.15) is 17.7 Å². The van der Waals surface area contributed by atoms with E-state index in [0.29, 0.717) is 0 Å². The van der Waals surface area contributed by atoms with Crippen molar-refractivity contribution in [3.05, 3.63) is 41.6 Å². The highest BCUT2D eigenvalue weighted by Crippen LogP contribution is 2.15. The van der Waals surface area contributed by atoms with Crippen molar-refractivity contribution in [2.24, 2.45) is 0 Å². The van der Waals surface area contributed by atoms with Gasteiger partial charge in [-0.1, -0.05) is 0 Å². The highest BCUT2D eigenvalue weighted by Gasteiger charge is 2.10. The lowest BCUT2D eigenvalue weighted by molar-refractivity contribution is -0.138. The minimum absolute atomic E-state index is 0.117. The van der Waals surface area contributed by atoms with Crippen molar-refractivity contribution in [2.75, 3.05) is 11.9 Å². The second-order valence-electron chi connectivity index (χ2n) is 3.16. The molecule has 1 aromatic carbocycles. The third-order valence-corrected chi connectivity index (χ3v) is 1.92. The fourth-order valence-corrected chi connectivity index (χ4v) is 1.10. The highest BCUT2D eigenvalue weighted by molar-refractivity contribution is 5.93. The normalized spacial score (nSPS) is 10.7. The summed E-state index contributed by atoms with van der Waals surface area (Å²) in [6, 6.07) is 4.40. The molecule has 0 atom stereocenters. The van der Waals surface area contributed by atoms with Crippen LogP contribution in [0, 0.1) is 23.0 Å². The summed E-state index contributed by atoms with van der Waals surface area (Å²) in [5.74, 6) is -2.17. The van der Waals surface area contributed by atoms with Gasteiger partial charge >= 0.3 is 5.97 Å². The molecule has 0 radical (unpaired) electrons. The summed E-state index contributed by atoms with van der Waals surface area (Å²) in [6.45, 7) is 1.71. The summed E-state index contributed by atoms with van der Waals surface area (Å²) in [6.07, 6.45) is 0.968. The SMILES string of the molecule is CCOC(=O)/C(C#N)=C/Nc1cc(F)ccc1F. The number of anilines is 1. The number of nitrogens with zero attached hydrogens (tertiary/aromatic N) is 1. The third-order valence-electron chi connectivity index (χ3n) is 1.92. The number of carbonyl (C=O) groups is 1. The molecule has 18 heavy (non-hydrogen) atoms. The van der Waals surface area contributed by atoms with Gasteiger partial charge in [-0.15, -0.1) is 0 Å². The molecule has 0 amide bonds. The molecule has 0 heterocycles. The number of esters is 1. The molecular weight excluding hydrogens is 242 g/mol. The maximum absolute atomic E-state index is 13.2. The maximum atomic E-state index is 13.2. The topological polar surface area (TPSA) is 62.1 Å². The molecule has 4 nitrogen and oxygen atoms in total. The Morgan fingerprint density at radius 3 is 2.89 bits per heavy atom. The standard InChI is InChI=1S/C12H10F2N2O2/c1-2-18-12(17)8(6-15)7-16-11-5-9(13)3-4-10(11)14/h3-5,7,16H,2H2,1H3/b8-7+. The van der Waals surface area contributed by atoms with E-state index in [1.54, 1.807) is 13.0 Å². The molecule has 0 aliphatic heterocycles. The molecule has 1 aromatic rings. The van der Waals surface area contributed by atoms with Crippen LogP contribution in [-0.4, -0.2) is 12.6 Å². The van der Waals surface area contributed by atoms with E-state index >= 15 is 0 Å². The van der Waals surface area contributed by atoms with Crippen LogP contribution >= 0.6 is 0 Å². The second-order valence-corrected chi connectivity index (χ2v) is 3.16. The number of benzene rings is 1. The summed E-state index contributed by atoms with van der Waals surface area (Å²) < 4.78 is 30.7. The van der Waals surface area contributed by atoms with Gasteiger partial charge in [-0.25, -0.2) is 13.6 Å². The van der Waals surface area contributed by atoms with Crippen LogP contribution in [0.5, 0.6) is 0 Å². The Morgan fingerprint density at radius 2 is 2.28 bits per heavy atom. The number of halogens is 2. The van der Waals surface area contributed by atoms with Gasteiger partial charge in [-0.3, -0.25) is 0 Å². The van der Waals surface area contributed by atoms with Crippen LogP contribution in [0.2, 0.25) is 0 Å². The van der Waals surface area contributed by atoms with E-state index in [2.05, 4.69) is 10.1 Å². The van der Waals surface area contributed by atoms with Crippen LogP contribution in [0.4, 0.5) is 14.5 Å². The van der Waals surface area contributed by atoms with E-state index in [0.717, 1.165) is 24.4 Å². The van der Waals surface area contributed by atoms with Crippen LogP contribution in [-0.2, 0) is 9.53 Å². The third kappa shape index (κ3) is 3.56. The molecule has 0 bridgehead atoms. The summed E-state index contributed by atoms with van der Waals surface area (Å²) >= 11 is 0. The predicted molar refractivity (Wildman–Crippen MR) is 60.3 cm³/mol. The molecular formula is C12H10F2N2O2. The molecule has 0 saturated heterocycles. The van der Waals surface area contributed by atoms with Crippen molar-refractivity contribution in [3.8, 4) is 6.07 Å². The van der Waals surface area contributed by atoms with E-state index in [1.165, 1.54) is 0 Å². The zero-order chi connectivity index (χ0) is 13.5. The second kappa shape index (κ2) is 6.35. The average Bonchev–Trinajstić information content (AvgIpc) is 2.34. The largest absolute Gasteiger partial charge is 0.462 e. The predicted octanol–water partition coefficient (Wildman–Crippen LogP) is 2.35. The van der Waals surface area contributed by atoms with Crippen molar-refractivity contribution in [2.45, 2.75) is 6.92 Å². The molecule has 0 spiro atoms. The fraction of sp³-hybridized carbons (Fsp3) is 0.167. The number of ether oxygens (including phenoxy) is 1. The minimum Gasteiger partial charge on any atom is -0.462 e. The van der Waals surface area contributed by atoms with E-state index in [-0.39, 0.29) is 17.9 Å². The summed E-state index contributed by atoms with van der Waals surface area (Å²) in [5.41, 5.74) is -0.507. The van der Waals surface area contributed by atoms with Crippen LogP contribution in [0.15, 0.2) is 30.0 Å². The van der Waals surface area contributed by atoms with Crippen molar-refractivity contribution >= 4 is 11.7 Å². The average molecular weight is 252 g/mol. The molecule has 6 heteroatoms. The zero-order valence-corrected chi connectivity index (χ0v) is 9.54. The first-order valence-electron chi connectivity index (χ1n) is 5.07. The van der Waals surface area contributed by atoms with Gasteiger partial charge in [0, 0.05) is 12.3 Å². The number of nitrogens with one attached hydrogen (secondary N) is 1. The fourth-order valence-electron chi connectivity index (χ4n) is 1.10. The van der Waals surface area contributed by atoms with Gasteiger partial charge in [0.15, 0.2) is 5.57 Å². The van der Waals surface area contributed by atoms with Crippen molar-refractivity contribution in [1.29, 1.82) is 5.26 Å². The van der Waals surface area contributed by atoms with Crippen LogP contribution in [0.1, 0.15) is 6.92 Å².